The third kappa shape index (κ3) is 2.76. The average molecular weight is 281 g/mol. The lowest BCUT2D eigenvalue weighted by atomic mass is 10.2. The molecule has 21 heavy (non-hydrogen) atoms. The van der Waals surface area contributed by atoms with Crippen LogP contribution in [0.25, 0.3) is 10.9 Å². The lowest BCUT2D eigenvalue weighted by Gasteiger charge is -2.07. The van der Waals surface area contributed by atoms with E-state index in [1.807, 2.05) is 18.2 Å². The number of nitrogens with one attached hydrogen (secondary N) is 1. The van der Waals surface area contributed by atoms with Crippen molar-refractivity contribution in [2.75, 3.05) is 5.32 Å². The average Bonchev–Trinajstić information content (AvgIpc) is 2.53. The van der Waals surface area contributed by atoms with Gasteiger partial charge in [0.25, 0.3) is 5.69 Å². The normalized spacial score (nSPS) is 10.5. The van der Waals surface area contributed by atoms with Crippen molar-refractivity contribution in [2.24, 2.45) is 0 Å². The number of benzene rings is 1. The number of aromatic nitrogens is 3. The molecule has 0 saturated heterocycles. The molecular formula is C14H11N5O2. The van der Waals surface area contributed by atoms with E-state index in [1.54, 1.807) is 12.3 Å². The second kappa shape index (κ2) is 5.49. The van der Waals surface area contributed by atoms with E-state index in [0.29, 0.717) is 23.3 Å². The van der Waals surface area contributed by atoms with Gasteiger partial charge in [0.05, 0.1) is 22.7 Å². The van der Waals surface area contributed by atoms with Gasteiger partial charge in [-0.15, -0.1) is 0 Å². The van der Waals surface area contributed by atoms with Gasteiger partial charge < -0.3 is 5.32 Å². The van der Waals surface area contributed by atoms with Crippen LogP contribution in [0.1, 0.15) is 5.69 Å². The van der Waals surface area contributed by atoms with E-state index in [1.165, 1.54) is 18.5 Å². The minimum atomic E-state index is -0.436. The fraction of sp³-hybridized carbons (Fsp3) is 0.0714. The van der Waals surface area contributed by atoms with Crippen LogP contribution in [0.2, 0.25) is 0 Å². The van der Waals surface area contributed by atoms with E-state index in [2.05, 4.69) is 20.3 Å². The smallest absolute Gasteiger partial charge is 0.270 e. The zero-order valence-electron chi connectivity index (χ0n) is 10.9. The van der Waals surface area contributed by atoms with E-state index in [4.69, 9.17) is 0 Å². The Kier molecular flexibility index (Phi) is 3.38. The molecule has 0 atom stereocenters. The molecular weight excluding hydrogens is 270 g/mol. The first-order chi connectivity index (χ1) is 10.2. The molecule has 3 rings (SSSR count). The minimum Gasteiger partial charge on any atom is -0.364 e. The summed E-state index contributed by atoms with van der Waals surface area (Å²) in [6.07, 6.45) is 3.13. The molecule has 0 fully saturated rings. The number of nitro benzene ring substituents is 1. The SMILES string of the molecule is O=[N+]([O-])c1ccc2ncnc(NCc3ccccn3)c2c1. The summed E-state index contributed by atoms with van der Waals surface area (Å²) in [4.78, 5) is 22.9. The van der Waals surface area contributed by atoms with Gasteiger partial charge >= 0.3 is 0 Å². The first kappa shape index (κ1) is 12.9. The van der Waals surface area contributed by atoms with Crippen molar-refractivity contribution in [3.8, 4) is 0 Å². The Bertz CT molecular complexity index is 792. The molecule has 2 heterocycles. The fourth-order valence-corrected chi connectivity index (χ4v) is 1.98. The van der Waals surface area contributed by atoms with Crippen LogP contribution in [0.4, 0.5) is 11.5 Å². The molecule has 7 heteroatoms. The minimum absolute atomic E-state index is 0.0122. The van der Waals surface area contributed by atoms with Crippen molar-refractivity contribution in [1.29, 1.82) is 0 Å². The lowest BCUT2D eigenvalue weighted by Crippen LogP contribution is -2.04. The first-order valence-corrected chi connectivity index (χ1v) is 6.27. The second-order valence-corrected chi connectivity index (χ2v) is 4.36. The number of nitrogens with zero attached hydrogens (tertiary/aromatic N) is 4. The maximum absolute atomic E-state index is 10.9. The molecule has 0 aliphatic heterocycles. The van der Waals surface area contributed by atoms with Gasteiger partial charge in [0.1, 0.15) is 12.1 Å². The summed E-state index contributed by atoms with van der Waals surface area (Å²) in [5.41, 5.74) is 1.52. The van der Waals surface area contributed by atoms with E-state index in [-0.39, 0.29) is 5.69 Å². The number of pyridine rings is 1. The van der Waals surface area contributed by atoms with Crippen molar-refractivity contribution in [3.05, 3.63) is 64.7 Å². The molecule has 0 amide bonds. The van der Waals surface area contributed by atoms with Gasteiger partial charge in [0, 0.05) is 23.7 Å². The van der Waals surface area contributed by atoms with Crippen LogP contribution in [0.3, 0.4) is 0 Å². The van der Waals surface area contributed by atoms with E-state index >= 15 is 0 Å². The van der Waals surface area contributed by atoms with Crippen molar-refractivity contribution in [1.82, 2.24) is 15.0 Å². The Morgan fingerprint density at radius 1 is 1.14 bits per heavy atom. The Labute approximate surface area is 119 Å². The highest BCUT2D eigenvalue weighted by Crippen LogP contribution is 2.24. The second-order valence-electron chi connectivity index (χ2n) is 4.36. The molecule has 0 unspecified atom stereocenters. The third-order valence-corrected chi connectivity index (χ3v) is 2.99. The predicted octanol–water partition coefficient (Wildman–Crippen LogP) is 2.55. The van der Waals surface area contributed by atoms with Crippen LogP contribution in [-0.4, -0.2) is 19.9 Å². The lowest BCUT2D eigenvalue weighted by molar-refractivity contribution is -0.384. The predicted molar refractivity (Wildman–Crippen MR) is 77.8 cm³/mol. The topological polar surface area (TPSA) is 93.8 Å². The largest absolute Gasteiger partial charge is 0.364 e. The van der Waals surface area contributed by atoms with Crippen LogP contribution in [0.5, 0.6) is 0 Å². The van der Waals surface area contributed by atoms with Gasteiger partial charge in [-0.3, -0.25) is 15.1 Å². The van der Waals surface area contributed by atoms with Crippen molar-refractivity contribution >= 4 is 22.4 Å². The van der Waals surface area contributed by atoms with Crippen molar-refractivity contribution in [2.45, 2.75) is 6.54 Å². The van der Waals surface area contributed by atoms with Crippen LogP contribution >= 0.6 is 0 Å². The Morgan fingerprint density at radius 2 is 2.05 bits per heavy atom. The molecule has 1 N–H and O–H groups in total. The van der Waals surface area contributed by atoms with Crippen molar-refractivity contribution < 1.29 is 4.92 Å². The molecule has 104 valence electrons. The summed E-state index contributed by atoms with van der Waals surface area (Å²) >= 11 is 0. The van der Waals surface area contributed by atoms with Crippen LogP contribution < -0.4 is 5.32 Å². The number of anilines is 1. The number of non-ortho nitro benzene ring substituents is 1. The van der Waals surface area contributed by atoms with Gasteiger partial charge in [-0.05, 0) is 18.2 Å². The summed E-state index contributed by atoms with van der Waals surface area (Å²) in [5, 5.41) is 14.6. The van der Waals surface area contributed by atoms with E-state index in [0.717, 1.165) is 5.69 Å². The first-order valence-electron chi connectivity index (χ1n) is 6.27. The van der Waals surface area contributed by atoms with Gasteiger partial charge in [-0.25, -0.2) is 9.97 Å². The van der Waals surface area contributed by atoms with Gasteiger partial charge in [0.15, 0.2) is 0 Å². The van der Waals surface area contributed by atoms with Crippen molar-refractivity contribution in [3.63, 3.8) is 0 Å². The Morgan fingerprint density at radius 3 is 2.81 bits per heavy atom. The molecule has 0 saturated carbocycles. The van der Waals surface area contributed by atoms with Gasteiger partial charge in [0.2, 0.25) is 0 Å². The zero-order chi connectivity index (χ0) is 14.7. The summed E-state index contributed by atoms with van der Waals surface area (Å²) < 4.78 is 0. The highest BCUT2D eigenvalue weighted by atomic mass is 16.6. The number of hydrogen-bond donors (Lipinski definition) is 1. The van der Waals surface area contributed by atoms with Gasteiger partial charge in [-0.1, -0.05) is 6.07 Å². The molecule has 3 aromatic rings. The number of hydrogen-bond acceptors (Lipinski definition) is 6. The molecule has 0 spiro atoms. The van der Waals surface area contributed by atoms with Crippen LogP contribution in [0.15, 0.2) is 48.9 Å². The molecule has 0 bridgehead atoms. The fourth-order valence-electron chi connectivity index (χ4n) is 1.98. The number of rotatable bonds is 4. The highest BCUT2D eigenvalue weighted by Gasteiger charge is 2.10. The Balaban J connectivity index is 1.94. The molecule has 0 radical (unpaired) electrons. The molecule has 1 aromatic carbocycles. The summed E-state index contributed by atoms with van der Waals surface area (Å²) in [7, 11) is 0. The molecule has 2 aromatic heterocycles. The summed E-state index contributed by atoms with van der Waals surface area (Å²) in [6.45, 7) is 0.482. The molecule has 0 aliphatic rings. The quantitative estimate of drug-likeness (QED) is 0.583. The highest BCUT2D eigenvalue weighted by molar-refractivity contribution is 5.90. The molecule has 0 aliphatic carbocycles. The Hall–Kier alpha value is -3.09. The van der Waals surface area contributed by atoms with Gasteiger partial charge in [-0.2, -0.15) is 0 Å². The standard InChI is InChI=1S/C14H11N5O2/c20-19(21)11-4-5-13-12(7-11)14(18-9-17-13)16-8-10-3-1-2-6-15-10/h1-7,9H,8H2,(H,16,17,18). The van der Waals surface area contributed by atoms with E-state index < -0.39 is 4.92 Å². The maximum Gasteiger partial charge on any atom is 0.270 e. The number of fused-ring (bicyclic) bond motifs is 1. The maximum atomic E-state index is 10.9. The van der Waals surface area contributed by atoms with E-state index in [9.17, 15) is 10.1 Å². The monoisotopic (exact) mass is 281 g/mol. The zero-order valence-corrected chi connectivity index (χ0v) is 10.9. The number of nitro groups is 1. The van der Waals surface area contributed by atoms with Crippen LogP contribution in [-0.2, 0) is 6.54 Å². The third-order valence-electron chi connectivity index (χ3n) is 2.99. The summed E-state index contributed by atoms with van der Waals surface area (Å²) in [6, 6.07) is 10.1. The van der Waals surface area contributed by atoms with Crippen LogP contribution in [0, 0.1) is 10.1 Å². The molecule has 7 nitrogen and oxygen atoms in total. The summed E-state index contributed by atoms with van der Waals surface area (Å²) in [5.74, 6) is 0.550.